The van der Waals surface area contributed by atoms with Crippen molar-refractivity contribution in [2.45, 2.75) is 130 Å². The number of halogens is 1. The molecule has 0 amide bonds. The van der Waals surface area contributed by atoms with Crippen LogP contribution in [0, 0.1) is 0 Å². The third kappa shape index (κ3) is 12.5. The first-order valence-electron chi connectivity index (χ1n) is 10.5. The van der Waals surface area contributed by atoms with Crippen LogP contribution in [0.5, 0.6) is 0 Å². The van der Waals surface area contributed by atoms with E-state index in [1.807, 2.05) is 0 Å². The van der Waals surface area contributed by atoms with Crippen molar-refractivity contribution >= 4 is 6.15 Å². The number of hydrogen-bond acceptors (Lipinski definition) is 0. The molecule has 0 saturated heterocycles. The van der Waals surface area contributed by atoms with Crippen molar-refractivity contribution in [2.75, 3.05) is 0 Å². The van der Waals surface area contributed by atoms with Crippen molar-refractivity contribution in [3.05, 3.63) is 0 Å². The Labute approximate surface area is 141 Å². The van der Waals surface area contributed by atoms with Crippen LogP contribution in [0.15, 0.2) is 0 Å². The molecule has 0 saturated carbocycles. The van der Waals surface area contributed by atoms with Crippen LogP contribution in [0.1, 0.15) is 105 Å². The third-order valence-corrected chi connectivity index (χ3v) is 5.68. The molecule has 0 aromatic carbocycles. The standard InChI is InChI=1S/C20H44B.FH/c1-5-9-13-17-21(18-14-10-6-2,19-15-11-7-3)20-16-12-8-4;/h5-20H2,1-4H3;1H/q-1;. The summed E-state index contributed by atoms with van der Waals surface area (Å²) in [7, 11) is 0. The van der Waals surface area contributed by atoms with E-state index >= 15 is 0 Å². The maximum atomic E-state index is 2.35. The number of unbranched alkanes of at least 4 members (excludes halogenated alkanes) is 8. The summed E-state index contributed by atoms with van der Waals surface area (Å²) in [6.07, 6.45) is 23.6. The highest BCUT2D eigenvalue weighted by Crippen LogP contribution is 2.34. The Morgan fingerprint density at radius 2 is 0.636 bits per heavy atom. The summed E-state index contributed by atoms with van der Waals surface area (Å²) in [5.74, 6) is 0. The minimum atomic E-state index is -0.0383. The fourth-order valence-corrected chi connectivity index (χ4v) is 4.18. The van der Waals surface area contributed by atoms with Gasteiger partial charge in [-0.15, -0.1) is 0 Å². The van der Waals surface area contributed by atoms with Crippen LogP contribution in [0.3, 0.4) is 0 Å². The molecule has 0 fully saturated rings. The molecule has 0 heterocycles. The molecule has 22 heavy (non-hydrogen) atoms. The van der Waals surface area contributed by atoms with Crippen LogP contribution < -0.4 is 0 Å². The van der Waals surface area contributed by atoms with Gasteiger partial charge in [-0.2, -0.15) is 25.3 Å². The van der Waals surface area contributed by atoms with E-state index in [1.165, 1.54) is 77.0 Å². The fourth-order valence-electron chi connectivity index (χ4n) is 4.18. The van der Waals surface area contributed by atoms with Gasteiger partial charge in [0.2, 0.25) is 0 Å². The normalized spacial score (nSPS) is 11.5. The largest absolute Gasteiger partial charge is 0.269 e. The minimum absolute atomic E-state index is 0. The quantitative estimate of drug-likeness (QED) is 0.198. The van der Waals surface area contributed by atoms with Gasteiger partial charge in [-0.25, -0.2) is 0 Å². The molecule has 0 rings (SSSR count). The molecule has 136 valence electrons. The summed E-state index contributed by atoms with van der Waals surface area (Å²) in [6, 6.07) is 0. The Morgan fingerprint density at radius 1 is 0.409 bits per heavy atom. The molecule has 0 nitrogen and oxygen atoms in total. The van der Waals surface area contributed by atoms with E-state index < -0.39 is 0 Å². The van der Waals surface area contributed by atoms with Gasteiger partial charge in [0, 0.05) is 6.15 Å². The summed E-state index contributed by atoms with van der Waals surface area (Å²) >= 11 is 0. The van der Waals surface area contributed by atoms with E-state index in [-0.39, 0.29) is 10.9 Å². The molecule has 0 N–H and O–H groups in total. The summed E-state index contributed by atoms with van der Waals surface area (Å²) in [4.78, 5) is 0. The van der Waals surface area contributed by atoms with Gasteiger partial charge in [0.25, 0.3) is 0 Å². The zero-order chi connectivity index (χ0) is 15.8. The molecule has 0 spiro atoms. The lowest BCUT2D eigenvalue weighted by Gasteiger charge is -2.40. The van der Waals surface area contributed by atoms with Crippen molar-refractivity contribution in [1.29, 1.82) is 0 Å². The van der Waals surface area contributed by atoms with Crippen LogP contribution in [-0.4, -0.2) is 6.15 Å². The van der Waals surface area contributed by atoms with Gasteiger partial charge >= 0.3 is 0 Å². The molecule has 0 aliphatic rings. The van der Waals surface area contributed by atoms with Crippen molar-refractivity contribution in [3.63, 3.8) is 0 Å². The van der Waals surface area contributed by atoms with Crippen molar-refractivity contribution in [1.82, 2.24) is 0 Å². The summed E-state index contributed by atoms with van der Waals surface area (Å²) in [5, 5.41) is 0. The minimum Gasteiger partial charge on any atom is -0.269 e. The SMILES string of the molecule is CCCCC[B-](CCCCC)(CCCCC)CCCCC.F. The molecule has 0 radical (unpaired) electrons. The van der Waals surface area contributed by atoms with Crippen LogP contribution >= 0.6 is 0 Å². The molecule has 0 aromatic heterocycles. The maximum absolute atomic E-state index is 2.35. The zero-order valence-electron chi connectivity index (χ0n) is 16.3. The molecule has 2 heteroatoms. The van der Waals surface area contributed by atoms with Gasteiger partial charge in [0.1, 0.15) is 0 Å². The molecular weight excluding hydrogens is 270 g/mol. The molecular formula is C20H45BF-. The Bertz CT molecular complexity index is 160. The first-order chi connectivity index (χ1) is 10.2. The van der Waals surface area contributed by atoms with E-state index in [0.29, 0.717) is 0 Å². The second-order valence-electron chi connectivity index (χ2n) is 7.72. The third-order valence-electron chi connectivity index (χ3n) is 5.68. The molecule has 0 bridgehead atoms. The van der Waals surface area contributed by atoms with Crippen LogP contribution in [0.2, 0.25) is 25.3 Å². The summed E-state index contributed by atoms with van der Waals surface area (Å²) in [5.41, 5.74) is 0. The van der Waals surface area contributed by atoms with E-state index in [9.17, 15) is 0 Å². The predicted molar refractivity (Wildman–Crippen MR) is 106 cm³/mol. The van der Waals surface area contributed by atoms with Gasteiger partial charge in [-0.1, -0.05) is 105 Å². The fraction of sp³-hybridized carbons (Fsp3) is 1.00. The highest BCUT2D eigenvalue weighted by atomic mass is 19.0. The highest BCUT2D eigenvalue weighted by molar-refractivity contribution is 6.79. The number of rotatable bonds is 16. The lowest BCUT2D eigenvalue weighted by Crippen LogP contribution is -2.33. The second-order valence-corrected chi connectivity index (χ2v) is 7.72. The topological polar surface area (TPSA) is 0 Å². The highest BCUT2D eigenvalue weighted by Gasteiger charge is 2.22. The van der Waals surface area contributed by atoms with Crippen molar-refractivity contribution < 1.29 is 4.70 Å². The second kappa shape index (κ2) is 17.4. The van der Waals surface area contributed by atoms with Gasteiger partial charge in [-0.3, -0.25) is 4.70 Å². The molecule has 0 aromatic rings. The van der Waals surface area contributed by atoms with Crippen LogP contribution in [0.25, 0.3) is 0 Å². The summed E-state index contributed by atoms with van der Waals surface area (Å²) < 4.78 is 0. The van der Waals surface area contributed by atoms with Gasteiger partial charge in [0.15, 0.2) is 0 Å². The molecule has 0 unspecified atom stereocenters. The van der Waals surface area contributed by atoms with Crippen LogP contribution in [0.4, 0.5) is 4.70 Å². The average molecular weight is 315 g/mol. The lowest BCUT2D eigenvalue weighted by molar-refractivity contribution is 0.693. The van der Waals surface area contributed by atoms with Gasteiger partial charge in [0.05, 0.1) is 0 Å². The zero-order valence-corrected chi connectivity index (χ0v) is 16.3. The first-order valence-corrected chi connectivity index (χ1v) is 10.5. The Hall–Kier alpha value is -0.00506. The smallest absolute Gasteiger partial charge is 0.000747 e. The monoisotopic (exact) mass is 315 g/mol. The predicted octanol–water partition coefficient (Wildman–Crippen LogP) is 8.35. The molecule has 0 aliphatic heterocycles. The Balaban J connectivity index is 0. The van der Waals surface area contributed by atoms with E-state index in [4.69, 9.17) is 0 Å². The van der Waals surface area contributed by atoms with Crippen molar-refractivity contribution in [3.8, 4) is 0 Å². The Morgan fingerprint density at radius 3 is 0.818 bits per heavy atom. The van der Waals surface area contributed by atoms with E-state index in [2.05, 4.69) is 27.7 Å². The van der Waals surface area contributed by atoms with E-state index in [0.717, 1.165) is 0 Å². The molecule has 0 aliphatic carbocycles. The summed E-state index contributed by atoms with van der Waals surface area (Å²) in [6.45, 7) is 9.39. The molecule has 0 atom stereocenters. The van der Waals surface area contributed by atoms with E-state index in [1.54, 1.807) is 25.3 Å². The lowest BCUT2D eigenvalue weighted by atomic mass is 9.17. The Kier molecular flexibility index (Phi) is 19.1. The first kappa shape index (κ1) is 24.3. The van der Waals surface area contributed by atoms with Crippen LogP contribution in [-0.2, 0) is 0 Å². The number of hydrogen-bond donors (Lipinski definition) is 0. The van der Waals surface area contributed by atoms with Crippen molar-refractivity contribution in [2.24, 2.45) is 0 Å². The average Bonchev–Trinajstić information content (AvgIpc) is 2.48. The van der Waals surface area contributed by atoms with Gasteiger partial charge < -0.3 is 0 Å². The van der Waals surface area contributed by atoms with Gasteiger partial charge in [-0.05, 0) is 0 Å². The maximum Gasteiger partial charge on any atom is 0.000747 e.